The molecule has 21 heavy (non-hydrogen) atoms. The number of hydrogen-bond acceptors (Lipinski definition) is 3. The second-order valence-corrected chi connectivity index (χ2v) is 7.88. The van der Waals surface area contributed by atoms with Crippen LogP contribution in [0.15, 0.2) is 0 Å². The fourth-order valence-corrected chi connectivity index (χ4v) is 2.70. The topological polar surface area (TPSA) is 75.6 Å². The van der Waals surface area contributed by atoms with Crippen molar-refractivity contribution in [2.24, 2.45) is 11.3 Å². The molecule has 1 amide bonds. The van der Waals surface area contributed by atoms with Crippen LogP contribution >= 0.6 is 0 Å². The maximum Gasteiger partial charge on any atom is 0.408 e. The van der Waals surface area contributed by atoms with Crippen LogP contribution in [-0.4, -0.2) is 28.8 Å². The van der Waals surface area contributed by atoms with Gasteiger partial charge in [-0.05, 0) is 64.2 Å². The number of alkyl carbamates (subject to hydrolysis) is 1. The van der Waals surface area contributed by atoms with Gasteiger partial charge in [-0.25, -0.2) is 9.59 Å². The molecule has 1 rings (SSSR count). The Morgan fingerprint density at radius 2 is 1.81 bits per heavy atom. The van der Waals surface area contributed by atoms with Gasteiger partial charge in [-0.1, -0.05) is 13.8 Å². The van der Waals surface area contributed by atoms with E-state index in [4.69, 9.17) is 4.74 Å². The van der Waals surface area contributed by atoms with Gasteiger partial charge < -0.3 is 15.2 Å². The number of nitrogens with one attached hydrogen (secondary N) is 1. The molecule has 0 spiro atoms. The lowest BCUT2D eigenvalue weighted by Crippen LogP contribution is -2.44. The molecule has 0 aromatic rings. The Bertz CT molecular complexity index is 374. The number of amides is 1. The van der Waals surface area contributed by atoms with Crippen LogP contribution in [0.2, 0.25) is 0 Å². The van der Waals surface area contributed by atoms with Crippen LogP contribution in [0.3, 0.4) is 0 Å². The van der Waals surface area contributed by atoms with Gasteiger partial charge in [0.05, 0.1) is 0 Å². The molecule has 0 aromatic heterocycles. The summed E-state index contributed by atoms with van der Waals surface area (Å²) in [5.41, 5.74) is -0.268. The fraction of sp³-hybridized carbons (Fsp3) is 0.875. The third kappa shape index (κ3) is 6.82. The van der Waals surface area contributed by atoms with Crippen LogP contribution in [0.1, 0.15) is 66.7 Å². The van der Waals surface area contributed by atoms with Crippen molar-refractivity contribution in [1.29, 1.82) is 0 Å². The molecule has 0 saturated heterocycles. The molecule has 5 heteroatoms. The minimum atomic E-state index is -0.995. The number of rotatable bonds is 4. The summed E-state index contributed by atoms with van der Waals surface area (Å²) >= 11 is 0. The number of aliphatic carboxylic acids is 1. The number of carboxylic acids is 1. The number of carbonyl (C=O) groups excluding carboxylic acids is 1. The highest BCUT2D eigenvalue weighted by Gasteiger charge is 2.31. The summed E-state index contributed by atoms with van der Waals surface area (Å²) in [4.78, 5) is 23.1. The third-order valence-corrected chi connectivity index (χ3v) is 4.02. The molecule has 0 radical (unpaired) electrons. The van der Waals surface area contributed by atoms with Crippen molar-refractivity contribution in [2.45, 2.75) is 78.4 Å². The monoisotopic (exact) mass is 299 g/mol. The Hall–Kier alpha value is -1.26. The molecule has 2 N–H and O–H groups in total. The molecule has 0 bridgehead atoms. The van der Waals surface area contributed by atoms with Gasteiger partial charge in [-0.2, -0.15) is 0 Å². The van der Waals surface area contributed by atoms with E-state index in [2.05, 4.69) is 19.2 Å². The maximum atomic E-state index is 11.7. The molecular formula is C16H29NO4. The number of carbonyl (C=O) groups is 2. The standard InChI is InChI=1S/C16H29NO4/c1-15(2,3)21-14(20)17-12(13(18)19)10-11-6-8-16(4,5)9-7-11/h11-12H,6-10H2,1-5H3,(H,17,20)(H,18,19). The van der Waals surface area contributed by atoms with E-state index < -0.39 is 23.7 Å². The first-order valence-electron chi connectivity index (χ1n) is 7.71. The predicted molar refractivity (Wildman–Crippen MR) is 81.1 cm³/mol. The summed E-state index contributed by atoms with van der Waals surface area (Å²) in [6, 6.07) is -0.869. The summed E-state index contributed by atoms with van der Waals surface area (Å²) < 4.78 is 5.13. The highest BCUT2D eigenvalue weighted by atomic mass is 16.6. The zero-order valence-corrected chi connectivity index (χ0v) is 13.9. The van der Waals surface area contributed by atoms with Gasteiger partial charge in [-0.3, -0.25) is 0 Å². The van der Waals surface area contributed by atoms with Gasteiger partial charge in [0.1, 0.15) is 11.6 Å². The minimum absolute atomic E-state index is 0.355. The lowest BCUT2D eigenvalue weighted by molar-refractivity contribution is -0.140. The number of carboxylic acid groups (broad SMARTS) is 1. The third-order valence-electron chi connectivity index (χ3n) is 4.02. The summed E-state index contributed by atoms with van der Waals surface area (Å²) in [5.74, 6) is -0.639. The van der Waals surface area contributed by atoms with Crippen LogP contribution in [0.5, 0.6) is 0 Å². The molecule has 1 aliphatic rings. The van der Waals surface area contributed by atoms with Gasteiger partial charge in [-0.15, -0.1) is 0 Å². The second-order valence-electron chi connectivity index (χ2n) is 7.88. The van der Waals surface area contributed by atoms with Crippen LogP contribution in [-0.2, 0) is 9.53 Å². The van der Waals surface area contributed by atoms with E-state index in [1.807, 2.05) is 0 Å². The molecule has 0 aliphatic heterocycles. The highest BCUT2D eigenvalue weighted by molar-refractivity contribution is 5.80. The van der Waals surface area contributed by atoms with Gasteiger partial charge in [0.2, 0.25) is 0 Å². The highest BCUT2D eigenvalue weighted by Crippen LogP contribution is 2.39. The Labute approximate surface area is 127 Å². The van der Waals surface area contributed by atoms with Gasteiger partial charge in [0.15, 0.2) is 0 Å². The smallest absolute Gasteiger partial charge is 0.408 e. The van der Waals surface area contributed by atoms with Crippen molar-refractivity contribution < 1.29 is 19.4 Å². The Kier molecular flexibility index (Phi) is 5.65. The van der Waals surface area contributed by atoms with Crippen molar-refractivity contribution in [1.82, 2.24) is 5.32 Å². The van der Waals surface area contributed by atoms with Gasteiger partial charge in [0.25, 0.3) is 0 Å². The molecule has 1 aliphatic carbocycles. The predicted octanol–water partition coefficient (Wildman–Crippen LogP) is 3.57. The van der Waals surface area contributed by atoms with Crippen molar-refractivity contribution in [3.05, 3.63) is 0 Å². The molecule has 1 atom stereocenters. The van der Waals surface area contributed by atoms with Crippen molar-refractivity contribution >= 4 is 12.1 Å². The van der Waals surface area contributed by atoms with E-state index in [1.54, 1.807) is 20.8 Å². The zero-order valence-electron chi connectivity index (χ0n) is 13.9. The number of ether oxygens (including phenoxy) is 1. The normalized spacial score (nSPS) is 20.6. The van der Waals surface area contributed by atoms with E-state index >= 15 is 0 Å². The van der Waals surface area contributed by atoms with Crippen molar-refractivity contribution in [3.8, 4) is 0 Å². The van der Waals surface area contributed by atoms with Crippen LogP contribution < -0.4 is 5.32 Å². The lowest BCUT2D eigenvalue weighted by Gasteiger charge is -2.35. The Morgan fingerprint density at radius 3 is 2.24 bits per heavy atom. The second kappa shape index (κ2) is 6.67. The summed E-state index contributed by atoms with van der Waals surface area (Å²) in [7, 11) is 0. The first kappa shape index (κ1) is 17.8. The minimum Gasteiger partial charge on any atom is -0.480 e. The first-order valence-corrected chi connectivity index (χ1v) is 7.71. The van der Waals surface area contributed by atoms with E-state index in [9.17, 15) is 14.7 Å². The van der Waals surface area contributed by atoms with Crippen molar-refractivity contribution in [2.75, 3.05) is 0 Å². The molecule has 1 saturated carbocycles. The molecular weight excluding hydrogens is 270 g/mol. The maximum absolute atomic E-state index is 11.7. The summed E-state index contributed by atoms with van der Waals surface area (Å²) in [6.07, 6.45) is 4.07. The van der Waals surface area contributed by atoms with E-state index in [0.717, 1.165) is 25.7 Å². The van der Waals surface area contributed by atoms with Crippen LogP contribution in [0.25, 0.3) is 0 Å². The Morgan fingerprint density at radius 1 is 1.29 bits per heavy atom. The van der Waals surface area contributed by atoms with E-state index in [0.29, 0.717) is 17.8 Å². The zero-order chi connectivity index (χ0) is 16.3. The molecule has 5 nitrogen and oxygen atoms in total. The number of hydrogen-bond donors (Lipinski definition) is 2. The summed E-state index contributed by atoms with van der Waals surface area (Å²) in [6.45, 7) is 9.76. The van der Waals surface area contributed by atoms with Crippen LogP contribution in [0.4, 0.5) is 4.79 Å². The van der Waals surface area contributed by atoms with E-state index in [-0.39, 0.29) is 0 Å². The quantitative estimate of drug-likeness (QED) is 0.832. The molecule has 1 fully saturated rings. The first-order chi connectivity index (χ1) is 9.48. The Balaban J connectivity index is 2.51. The van der Waals surface area contributed by atoms with Crippen LogP contribution in [0, 0.1) is 11.3 Å². The molecule has 1 unspecified atom stereocenters. The van der Waals surface area contributed by atoms with Gasteiger partial charge in [0, 0.05) is 0 Å². The fourth-order valence-electron chi connectivity index (χ4n) is 2.70. The van der Waals surface area contributed by atoms with Gasteiger partial charge >= 0.3 is 12.1 Å². The van der Waals surface area contributed by atoms with E-state index in [1.165, 1.54) is 0 Å². The average molecular weight is 299 g/mol. The molecule has 0 heterocycles. The molecule has 122 valence electrons. The summed E-state index contributed by atoms with van der Waals surface area (Å²) in [5, 5.41) is 11.8. The SMILES string of the molecule is CC1(C)CCC(CC(NC(=O)OC(C)(C)C)C(=O)O)CC1. The largest absolute Gasteiger partial charge is 0.480 e. The van der Waals surface area contributed by atoms with Crippen molar-refractivity contribution in [3.63, 3.8) is 0 Å². The lowest BCUT2D eigenvalue weighted by atomic mass is 9.71. The molecule has 0 aromatic carbocycles. The average Bonchev–Trinajstić information content (AvgIpc) is 2.28.